The van der Waals surface area contributed by atoms with Gasteiger partial charge in [0.2, 0.25) is 5.60 Å². The number of benzene rings is 1. The molecule has 2 heterocycles. The fraction of sp³-hybridized carbons (Fsp3) is 0.350. The first-order valence-corrected chi connectivity index (χ1v) is 9.21. The molecule has 8 nitrogen and oxygen atoms in total. The highest BCUT2D eigenvalue weighted by Crippen LogP contribution is 2.25. The summed E-state index contributed by atoms with van der Waals surface area (Å²) in [6.45, 7) is -0.936. The smallest absolute Gasteiger partial charge is 0.374 e. The average molecular weight is 435 g/mol. The SMILES string of the molecule is CN1CC[C@@](O)(C#Cc2cccc(-c3ncc(NCC(F)(F)F)c(C(N)O)n3)c2)C1=O. The van der Waals surface area contributed by atoms with Gasteiger partial charge in [0.25, 0.3) is 5.91 Å². The average Bonchev–Trinajstić information content (AvgIpc) is 2.98. The standard InChI is InChI=1S/C20H20F3N5O3/c1-28-8-7-19(31,18(28)30)6-5-12-3-2-4-13(9-12)17-25-10-14(15(27-17)16(24)29)26-11-20(21,22)23/h2-4,9-10,16,26,29,31H,7-8,11,24H2,1H3/t16?,19-/m0/s1. The van der Waals surface area contributed by atoms with Gasteiger partial charge in [0.1, 0.15) is 18.5 Å². The van der Waals surface area contributed by atoms with E-state index >= 15 is 0 Å². The molecular formula is C20H20F3N5O3. The van der Waals surface area contributed by atoms with Crippen molar-refractivity contribution in [3.63, 3.8) is 0 Å². The van der Waals surface area contributed by atoms with Crippen LogP contribution in [0.15, 0.2) is 30.5 Å². The molecule has 0 bridgehead atoms. The fourth-order valence-electron chi connectivity index (χ4n) is 2.97. The van der Waals surface area contributed by atoms with Crippen LogP contribution >= 0.6 is 0 Å². The lowest BCUT2D eigenvalue weighted by molar-refractivity contribution is -0.137. The Balaban J connectivity index is 1.88. The van der Waals surface area contributed by atoms with Crippen LogP contribution in [-0.4, -0.2) is 62.9 Å². The third kappa shape index (κ3) is 5.29. The topological polar surface area (TPSA) is 125 Å². The Kier molecular flexibility index (Phi) is 6.17. The number of hydrogen-bond donors (Lipinski definition) is 4. The van der Waals surface area contributed by atoms with Gasteiger partial charge in [-0.1, -0.05) is 24.0 Å². The van der Waals surface area contributed by atoms with Crippen LogP contribution in [0.25, 0.3) is 11.4 Å². The number of aliphatic hydroxyl groups excluding tert-OH is 1. The Hall–Kier alpha value is -3.20. The Morgan fingerprint density at radius 2 is 2.16 bits per heavy atom. The molecule has 1 fully saturated rings. The maximum atomic E-state index is 12.5. The number of anilines is 1. The molecule has 0 spiro atoms. The highest BCUT2D eigenvalue weighted by atomic mass is 19.4. The van der Waals surface area contributed by atoms with Gasteiger partial charge in [-0.3, -0.25) is 4.79 Å². The van der Waals surface area contributed by atoms with Crippen LogP contribution in [0.4, 0.5) is 18.9 Å². The predicted octanol–water partition coefficient (Wildman–Crippen LogP) is 1.01. The number of likely N-dealkylation sites (tertiary alicyclic amines) is 1. The number of carbonyl (C=O) groups is 1. The zero-order valence-electron chi connectivity index (χ0n) is 16.4. The van der Waals surface area contributed by atoms with Crippen LogP contribution in [-0.2, 0) is 4.79 Å². The number of aromatic nitrogens is 2. The van der Waals surface area contributed by atoms with Gasteiger partial charge in [0.15, 0.2) is 5.82 Å². The van der Waals surface area contributed by atoms with E-state index in [0.717, 1.165) is 6.20 Å². The Morgan fingerprint density at radius 1 is 1.42 bits per heavy atom. The number of hydrogen-bond acceptors (Lipinski definition) is 7. The molecule has 1 aliphatic heterocycles. The third-order valence-electron chi connectivity index (χ3n) is 4.62. The highest BCUT2D eigenvalue weighted by molar-refractivity contribution is 5.90. The van der Waals surface area contributed by atoms with Gasteiger partial charge in [0.05, 0.1) is 11.9 Å². The van der Waals surface area contributed by atoms with E-state index in [-0.39, 0.29) is 23.6 Å². The summed E-state index contributed by atoms with van der Waals surface area (Å²) in [5.74, 6) is 5.00. The molecular weight excluding hydrogens is 415 g/mol. The van der Waals surface area contributed by atoms with Crippen molar-refractivity contribution in [2.24, 2.45) is 5.73 Å². The van der Waals surface area contributed by atoms with Gasteiger partial charge >= 0.3 is 6.18 Å². The van der Waals surface area contributed by atoms with Crippen LogP contribution in [0.5, 0.6) is 0 Å². The maximum Gasteiger partial charge on any atom is 0.405 e. The summed E-state index contributed by atoms with van der Waals surface area (Å²) in [6, 6.07) is 6.52. The largest absolute Gasteiger partial charge is 0.405 e. The molecule has 11 heteroatoms. The van der Waals surface area contributed by atoms with Crippen LogP contribution in [0.1, 0.15) is 23.9 Å². The van der Waals surface area contributed by atoms with Gasteiger partial charge in [-0.05, 0) is 12.1 Å². The van der Waals surface area contributed by atoms with Crippen molar-refractivity contribution in [1.29, 1.82) is 0 Å². The molecule has 1 aliphatic rings. The lowest BCUT2D eigenvalue weighted by Crippen LogP contribution is -2.37. The number of halogens is 3. The Morgan fingerprint density at radius 3 is 2.77 bits per heavy atom. The van der Waals surface area contributed by atoms with Crippen molar-refractivity contribution in [3.05, 3.63) is 41.7 Å². The van der Waals surface area contributed by atoms with Crippen molar-refractivity contribution in [2.45, 2.75) is 24.4 Å². The predicted molar refractivity (Wildman–Crippen MR) is 105 cm³/mol. The first-order valence-electron chi connectivity index (χ1n) is 9.21. The van der Waals surface area contributed by atoms with Gasteiger partial charge in [-0.25, -0.2) is 9.97 Å². The van der Waals surface area contributed by atoms with E-state index in [4.69, 9.17) is 5.73 Å². The zero-order valence-corrected chi connectivity index (χ0v) is 16.4. The quantitative estimate of drug-likeness (QED) is 0.417. The molecule has 164 valence electrons. The van der Waals surface area contributed by atoms with Crippen molar-refractivity contribution >= 4 is 11.6 Å². The zero-order chi connectivity index (χ0) is 22.8. The number of nitrogens with two attached hydrogens (primary N) is 1. The van der Waals surface area contributed by atoms with Crippen molar-refractivity contribution in [1.82, 2.24) is 14.9 Å². The molecule has 1 aromatic carbocycles. The lowest BCUT2D eigenvalue weighted by atomic mass is 10.0. The number of aliphatic hydroxyl groups is 2. The molecule has 3 rings (SSSR count). The van der Waals surface area contributed by atoms with Gasteiger partial charge < -0.3 is 26.2 Å². The van der Waals surface area contributed by atoms with Crippen molar-refractivity contribution < 1.29 is 28.2 Å². The second-order valence-electron chi connectivity index (χ2n) is 7.07. The molecule has 1 amide bonds. The van der Waals surface area contributed by atoms with E-state index in [2.05, 4.69) is 27.1 Å². The molecule has 1 saturated heterocycles. The number of nitrogens with zero attached hydrogens (tertiary/aromatic N) is 3. The van der Waals surface area contributed by atoms with Crippen LogP contribution in [0.3, 0.4) is 0 Å². The number of carbonyl (C=O) groups excluding carboxylic acids is 1. The fourth-order valence-corrected chi connectivity index (χ4v) is 2.97. The molecule has 0 aliphatic carbocycles. The highest BCUT2D eigenvalue weighted by Gasteiger charge is 2.42. The monoisotopic (exact) mass is 435 g/mol. The molecule has 0 saturated carbocycles. The third-order valence-corrected chi connectivity index (χ3v) is 4.62. The van der Waals surface area contributed by atoms with E-state index in [1.807, 2.05) is 0 Å². The molecule has 0 radical (unpaired) electrons. The number of rotatable bonds is 4. The molecule has 2 atom stereocenters. The number of alkyl halides is 3. The van der Waals surface area contributed by atoms with E-state index in [0.29, 0.717) is 17.7 Å². The van der Waals surface area contributed by atoms with Crippen LogP contribution < -0.4 is 11.1 Å². The molecule has 2 aromatic rings. The van der Waals surface area contributed by atoms with Gasteiger partial charge in [0, 0.05) is 31.1 Å². The maximum absolute atomic E-state index is 12.5. The minimum Gasteiger partial charge on any atom is -0.374 e. The summed E-state index contributed by atoms with van der Waals surface area (Å²) in [6.07, 6.45) is -4.79. The second-order valence-corrected chi connectivity index (χ2v) is 7.07. The second kappa shape index (κ2) is 8.50. The van der Waals surface area contributed by atoms with Crippen LogP contribution in [0, 0.1) is 11.8 Å². The van der Waals surface area contributed by atoms with Crippen molar-refractivity contribution in [3.8, 4) is 23.2 Å². The molecule has 5 N–H and O–H groups in total. The molecule has 1 aromatic heterocycles. The van der Waals surface area contributed by atoms with E-state index in [9.17, 15) is 28.2 Å². The van der Waals surface area contributed by atoms with E-state index in [1.165, 1.54) is 4.90 Å². The summed E-state index contributed by atoms with van der Waals surface area (Å²) in [4.78, 5) is 21.5. The summed E-state index contributed by atoms with van der Waals surface area (Å²) >= 11 is 0. The first kappa shape index (κ1) is 22.5. The minimum absolute atomic E-state index is 0.107. The number of likely N-dealkylation sites (N-methyl/N-ethyl adjacent to an activating group) is 1. The first-order chi connectivity index (χ1) is 14.5. The minimum atomic E-state index is -4.47. The summed E-state index contributed by atoms with van der Waals surface area (Å²) < 4.78 is 37.4. The summed E-state index contributed by atoms with van der Waals surface area (Å²) in [7, 11) is 1.58. The van der Waals surface area contributed by atoms with E-state index in [1.54, 1.807) is 31.3 Å². The van der Waals surface area contributed by atoms with Gasteiger partial charge in [-0.15, -0.1) is 0 Å². The van der Waals surface area contributed by atoms with Crippen LogP contribution in [0.2, 0.25) is 0 Å². The Bertz CT molecular complexity index is 1050. The van der Waals surface area contributed by atoms with Crippen molar-refractivity contribution in [2.75, 3.05) is 25.5 Å². The Labute approximate surface area is 175 Å². The normalized spacial score (nSPS) is 19.7. The number of nitrogens with one attached hydrogen (secondary N) is 1. The van der Waals surface area contributed by atoms with E-state index < -0.39 is 30.5 Å². The summed E-state index contributed by atoms with van der Waals surface area (Å²) in [5.41, 5.74) is 4.28. The molecule has 1 unspecified atom stereocenters. The number of amides is 1. The summed E-state index contributed by atoms with van der Waals surface area (Å²) in [5, 5.41) is 22.2. The lowest BCUT2D eigenvalue weighted by Gasteiger charge is -2.15. The molecule has 31 heavy (non-hydrogen) atoms. The van der Waals surface area contributed by atoms with Gasteiger partial charge in [-0.2, -0.15) is 13.2 Å².